The van der Waals surface area contributed by atoms with E-state index in [1.165, 1.54) is 0 Å². The van der Waals surface area contributed by atoms with Crippen LogP contribution in [-0.2, 0) is 0 Å². The van der Waals surface area contributed by atoms with Crippen molar-refractivity contribution in [2.45, 2.75) is 20.3 Å². The van der Waals surface area contributed by atoms with Crippen molar-refractivity contribution in [1.29, 1.82) is 0 Å². The molecule has 0 unspecified atom stereocenters. The Morgan fingerprint density at radius 2 is 2.25 bits per heavy atom. The van der Waals surface area contributed by atoms with Crippen molar-refractivity contribution in [3.63, 3.8) is 0 Å². The maximum absolute atomic E-state index is 8.24. The van der Waals surface area contributed by atoms with Crippen LogP contribution < -0.4 is 0 Å². The number of rotatable bonds is 2. The molecule has 8 heavy (non-hydrogen) atoms. The van der Waals surface area contributed by atoms with Gasteiger partial charge in [-0.2, -0.15) is 0 Å². The first-order chi connectivity index (χ1) is 3.81. The predicted molar refractivity (Wildman–Crippen MR) is 35.8 cm³/mol. The zero-order chi connectivity index (χ0) is 6.41. The van der Waals surface area contributed by atoms with Gasteiger partial charge in [0.25, 0.3) is 0 Å². The molecule has 0 bridgehead atoms. The molecule has 0 saturated heterocycles. The summed E-state index contributed by atoms with van der Waals surface area (Å²) in [6, 6.07) is 0. The van der Waals surface area contributed by atoms with E-state index < -0.39 is 0 Å². The molecule has 46 valence electrons. The SMILES string of the molecule is CCC=C(C)C=CO. The summed E-state index contributed by atoms with van der Waals surface area (Å²) < 4.78 is 0. The Kier molecular flexibility index (Phi) is 4.04. The molecule has 0 spiro atoms. The van der Waals surface area contributed by atoms with Crippen molar-refractivity contribution in [2.75, 3.05) is 0 Å². The summed E-state index contributed by atoms with van der Waals surface area (Å²) in [6.07, 6.45) is 5.80. The first-order valence-corrected chi connectivity index (χ1v) is 2.78. The summed E-state index contributed by atoms with van der Waals surface area (Å²) in [4.78, 5) is 0. The molecule has 0 aromatic heterocycles. The van der Waals surface area contributed by atoms with Gasteiger partial charge in [-0.1, -0.05) is 18.6 Å². The highest BCUT2D eigenvalue weighted by atomic mass is 16.2. The molecular weight excluding hydrogens is 100 g/mol. The summed E-state index contributed by atoms with van der Waals surface area (Å²) in [5.74, 6) is 0. The molecule has 1 N–H and O–H groups in total. The van der Waals surface area contributed by atoms with Gasteiger partial charge in [-0.3, -0.25) is 0 Å². The highest BCUT2D eigenvalue weighted by Crippen LogP contribution is 1.94. The molecule has 0 atom stereocenters. The fraction of sp³-hybridized carbons (Fsp3) is 0.429. The lowest BCUT2D eigenvalue weighted by molar-refractivity contribution is 0.473. The third kappa shape index (κ3) is 3.47. The molecule has 0 heterocycles. The van der Waals surface area contributed by atoms with Crippen molar-refractivity contribution in [3.05, 3.63) is 24.0 Å². The standard InChI is InChI=1S/C7H12O/c1-3-4-7(2)5-6-8/h4-6,8H,3H2,1-2H3. The van der Waals surface area contributed by atoms with Crippen LogP contribution in [0.3, 0.4) is 0 Å². The van der Waals surface area contributed by atoms with E-state index in [1.54, 1.807) is 6.08 Å². The van der Waals surface area contributed by atoms with Gasteiger partial charge in [0.05, 0.1) is 6.26 Å². The topological polar surface area (TPSA) is 20.2 Å². The second kappa shape index (κ2) is 4.44. The second-order valence-corrected chi connectivity index (χ2v) is 1.67. The maximum atomic E-state index is 8.24. The molecule has 0 aliphatic heterocycles. The number of aliphatic hydroxyl groups excluding tert-OH is 1. The van der Waals surface area contributed by atoms with Gasteiger partial charge in [-0.05, 0) is 19.4 Å². The first kappa shape index (κ1) is 7.28. The Balaban J connectivity index is 3.61. The largest absolute Gasteiger partial charge is 0.516 e. The molecule has 0 saturated carbocycles. The molecule has 0 aromatic rings. The van der Waals surface area contributed by atoms with Crippen LogP contribution in [0.2, 0.25) is 0 Å². The highest BCUT2D eigenvalue weighted by Gasteiger charge is 1.75. The number of hydrogen-bond donors (Lipinski definition) is 1. The van der Waals surface area contributed by atoms with Crippen molar-refractivity contribution < 1.29 is 5.11 Å². The van der Waals surface area contributed by atoms with Gasteiger partial charge in [0, 0.05) is 0 Å². The summed E-state index contributed by atoms with van der Waals surface area (Å²) in [7, 11) is 0. The van der Waals surface area contributed by atoms with Crippen LogP contribution in [0, 0.1) is 0 Å². The minimum absolute atomic E-state index is 1.02. The molecule has 0 aliphatic rings. The van der Waals surface area contributed by atoms with E-state index >= 15 is 0 Å². The van der Waals surface area contributed by atoms with Crippen LogP contribution in [0.4, 0.5) is 0 Å². The minimum Gasteiger partial charge on any atom is -0.516 e. The van der Waals surface area contributed by atoms with E-state index in [4.69, 9.17) is 5.11 Å². The zero-order valence-electron chi connectivity index (χ0n) is 5.39. The van der Waals surface area contributed by atoms with Gasteiger partial charge in [-0.15, -0.1) is 0 Å². The third-order valence-electron chi connectivity index (χ3n) is 0.864. The lowest BCUT2D eigenvalue weighted by Crippen LogP contribution is -1.65. The molecule has 0 radical (unpaired) electrons. The van der Waals surface area contributed by atoms with Crippen molar-refractivity contribution in [3.8, 4) is 0 Å². The van der Waals surface area contributed by atoms with Crippen LogP contribution in [0.15, 0.2) is 24.0 Å². The number of aliphatic hydroxyl groups is 1. The number of hydrogen-bond acceptors (Lipinski definition) is 1. The Morgan fingerprint density at radius 1 is 1.62 bits per heavy atom. The maximum Gasteiger partial charge on any atom is 0.0794 e. The molecule has 0 amide bonds. The Hall–Kier alpha value is -0.720. The predicted octanol–water partition coefficient (Wildman–Crippen LogP) is 2.41. The number of allylic oxidation sites excluding steroid dienone is 3. The average Bonchev–Trinajstić information content (AvgIpc) is 1.68. The molecule has 1 heteroatoms. The van der Waals surface area contributed by atoms with E-state index in [9.17, 15) is 0 Å². The quantitative estimate of drug-likeness (QED) is 0.429. The summed E-state index contributed by atoms with van der Waals surface area (Å²) in [5.41, 5.74) is 1.11. The highest BCUT2D eigenvalue weighted by molar-refractivity contribution is 5.13. The van der Waals surface area contributed by atoms with Crippen molar-refractivity contribution in [2.24, 2.45) is 0 Å². The summed E-state index contributed by atoms with van der Waals surface area (Å²) >= 11 is 0. The normalized spacial score (nSPS) is 13.0. The van der Waals surface area contributed by atoms with Gasteiger partial charge < -0.3 is 5.11 Å². The van der Waals surface area contributed by atoms with E-state index in [2.05, 4.69) is 6.92 Å². The molecule has 0 aromatic carbocycles. The van der Waals surface area contributed by atoms with Gasteiger partial charge in [0.1, 0.15) is 0 Å². The molecule has 0 rings (SSSR count). The smallest absolute Gasteiger partial charge is 0.0794 e. The Morgan fingerprint density at radius 3 is 2.62 bits per heavy atom. The second-order valence-electron chi connectivity index (χ2n) is 1.67. The van der Waals surface area contributed by atoms with Gasteiger partial charge in [0.2, 0.25) is 0 Å². The molecular formula is C7H12O. The molecule has 0 fully saturated rings. The van der Waals surface area contributed by atoms with E-state index in [1.807, 2.05) is 13.0 Å². The molecule has 0 aliphatic carbocycles. The Labute approximate surface area is 50.3 Å². The zero-order valence-corrected chi connectivity index (χ0v) is 5.39. The van der Waals surface area contributed by atoms with Crippen molar-refractivity contribution >= 4 is 0 Å². The fourth-order valence-electron chi connectivity index (χ4n) is 0.508. The minimum atomic E-state index is 1.02. The van der Waals surface area contributed by atoms with Crippen LogP contribution in [0.5, 0.6) is 0 Å². The van der Waals surface area contributed by atoms with Crippen LogP contribution >= 0.6 is 0 Å². The van der Waals surface area contributed by atoms with E-state index in [-0.39, 0.29) is 0 Å². The van der Waals surface area contributed by atoms with E-state index in [0.717, 1.165) is 18.3 Å². The van der Waals surface area contributed by atoms with Gasteiger partial charge >= 0.3 is 0 Å². The van der Waals surface area contributed by atoms with Gasteiger partial charge in [-0.25, -0.2) is 0 Å². The van der Waals surface area contributed by atoms with E-state index in [0.29, 0.717) is 0 Å². The summed E-state index contributed by atoms with van der Waals surface area (Å²) in [5, 5.41) is 8.24. The third-order valence-corrected chi connectivity index (χ3v) is 0.864. The van der Waals surface area contributed by atoms with Crippen molar-refractivity contribution in [1.82, 2.24) is 0 Å². The van der Waals surface area contributed by atoms with Crippen LogP contribution in [0.1, 0.15) is 20.3 Å². The van der Waals surface area contributed by atoms with Crippen LogP contribution in [-0.4, -0.2) is 5.11 Å². The Bertz CT molecular complexity index is 101. The lowest BCUT2D eigenvalue weighted by Gasteiger charge is -1.84. The molecule has 1 nitrogen and oxygen atoms in total. The van der Waals surface area contributed by atoms with Gasteiger partial charge in [0.15, 0.2) is 0 Å². The average molecular weight is 112 g/mol. The van der Waals surface area contributed by atoms with Crippen LogP contribution in [0.25, 0.3) is 0 Å². The fourth-order valence-corrected chi connectivity index (χ4v) is 0.508. The first-order valence-electron chi connectivity index (χ1n) is 2.78. The monoisotopic (exact) mass is 112 g/mol. The summed E-state index contributed by atoms with van der Waals surface area (Å²) in [6.45, 7) is 4.02. The lowest BCUT2D eigenvalue weighted by atomic mass is 10.2.